The molecule has 0 N–H and O–H groups in total. The fraction of sp³-hybridized carbons (Fsp3) is 0.769. The number of hydrogen-bond acceptors (Lipinski definition) is 7. The second-order valence-corrected chi connectivity index (χ2v) is 5.85. The number of methoxy groups -OCH3 is 1. The summed E-state index contributed by atoms with van der Waals surface area (Å²) in [5.74, 6) is 0.862. The molecule has 0 bridgehead atoms. The molecule has 0 saturated carbocycles. The van der Waals surface area contributed by atoms with Gasteiger partial charge >= 0.3 is 5.97 Å². The molecule has 2 rings (SSSR count). The summed E-state index contributed by atoms with van der Waals surface area (Å²) in [7, 11) is 1.37. The molecule has 1 atom stereocenters. The number of morpholine rings is 1. The molecule has 0 amide bonds. The van der Waals surface area contributed by atoms with E-state index in [1.807, 2.05) is 25.7 Å². The second-order valence-electron chi connectivity index (χ2n) is 5.85. The lowest BCUT2D eigenvalue weighted by Crippen LogP contribution is -2.49. The molecule has 7 heteroatoms. The first-order valence-electron chi connectivity index (χ1n) is 6.64. The second kappa shape index (κ2) is 5.88. The number of carbonyl (C=O) groups is 1. The average molecular weight is 283 g/mol. The summed E-state index contributed by atoms with van der Waals surface area (Å²) >= 11 is 0. The summed E-state index contributed by atoms with van der Waals surface area (Å²) in [6.07, 6.45) is 0. The zero-order chi connectivity index (χ0) is 14.8. The van der Waals surface area contributed by atoms with Crippen LogP contribution in [0.3, 0.4) is 0 Å². The fourth-order valence-electron chi connectivity index (χ4n) is 1.98. The fourth-order valence-corrected chi connectivity index (χ4v) is 1.98. The molecule has 0 radical (unpaired) electrons. The number of rotatable bonds is 3. The molecular formula is C13H21N3O4. The van der Waals surface area contributed by atoms with Gasteiger partial charge in [0.1, 0.15) is 6.04 Å². The number of hydrogen-bond donors (Lipinski definition) is 0. The minimum absolute atomic E-state index is 0.158. The van der Waals surface area contributed by atoms with Gasteiger partial charge in [0.25, 0.3) is 0 Å². The van der Waals surface area contributed by atoms with E-state index in [9.17, 15) is 4.79 Å². The van der Waals surface area contributed by atoms with Gasteiger partial charge in [-0.1, -0.05) is 25.9 Å². The van der Waals surface area contributed by atoms with Crippen molar-refractivity contribution >= 4 is 5.97 Å². The van der Waals surface area contributed by atoms with Crippen LogP contribution in [0.1, 0.15) is 32.5 Å². The van der Waals surface area contributed by atoms with Crippen LogP contribution in [0.4, 0.5) is 0 Å². The van der Waals surface area contributed by atoms with E-state index in [2.05, 4.69) is 10.1 Å². The van der Waals surface area contributed by atoms with Crippen LogP contribution in [-0.4, -0.2) is 53.9 Å². The predicted octanol–water partition coefficient (Wildman–Crippen LogP) is 0.741. The standard InChI is InChI=1S/C13H21N3O4/c1-13(2,3)12-14-10(20-15-12)7-16-5-6-19-8-9(16)11(17)18-4/h9H,5-8H2,1-4H3. The molecule has 7 nitrogen and oxygen atoms in total. The Morgan fingerprint density at radius 3 is 2.85 bits per heavy atom. The Kier molecular flexibility index (Phi) is 4.39. The van der Waals surface area contributed by atoms with Crippen molar-refractivity contribution in [1.29, 1.82) is 0 Å². The van der Waals surface area contributed by atoms with E-state index >= 15 is 0 Å². The SMILES string of the molecule is COC(=O)C1COCCN1Cc1nc(C(C)(C)C)no1. The third-order valence-corrected chi connectivity index (χ3v) is 3.19. The summed E-state index contributed by atoms with van der Waals surface area (Å²) in [4.78, 5) is 18.0. The van der Waals surface area contributed by atoms with Crippen molar-refractivity contribution in [3.63, 3.8) is 0 Å². The summed E-state index contributed by atoms with van der Waals surface area (Å²) in [5.41, 5.74) is -0.158. The molecule has 2 heterocycles. The molecule has 20 heavy (non-hydrogen) atoms. The Labute approximate surface area is 118 Å². The topological polar surface area (TPSA) is 77.7 Å². The summed E-state index contributed by atoms with van der Waals surface area (Å²) < 4.78 is 15.4. The monoisotopic (exact) mass is 283 g/mol. The van der Waals surface area contributed by atoms with Crippen LogP contribution in [0, 0.1) is 0 Å². The molecule has 112 valence electrons. The molecule has 1 aromatic rings. The first kappa shape index (κ1) is 14.9. The molecule has 1 fully saturated rings. The highest BCUT2D eigenvalue weighted by Crippen LogP contribution is 2.20. The largest absolute Gasteiger partial charge is 0.468 e. The molecule has 0 aliphatic carbocycles. The quantitative estimate of drug-likeness (QED) is 0.757. The Balaban J connectivity index is 2.07. The molecular weight excluding hydrogens is 262 g/mol. The third-order valence-electron chi connectivity index (χ3n) is 3.19. The average Bonchev–Trinajstić information content (AvgIpc) is 2.87. The van der Waals surface area contributed by atoms with Crippen molar-refractivity contribution in [3.05, 3.63) is 11.7 Å². The van der Waals surface area contributed by atoms with Crippen LogP contribution >= 0.6 is 0 Å². The van der Waals surface area contributed by atoms with Crippen LogP contribution in [0.15, 0.2) is 4.52 Å². The van der Waals surface area contributed by atoms with Crippen molar-refractivity contribution in [2.24, 2.45) is 0 Å². The Morgan fingerprint density at radius 1 is 1.50 bits per heavy atom. The van der Waals surface area contributed by atoms with Gasteiger partial charge in [-0.25, -0.2) is 0 Å². The van der Waals surface area contributed by atoms with Gasteiger partial charge in [0.05, 0.1) is 26.9 Å². The van der Waals surface area contributed by atoms with Gasteiger partial charge in [-0.2, -0.15) is 4.98 Å². The van der Waals surface area contributed by atoms with E-state index in [0.29, 0.717) is 38.0 Å². The maximum atomic E-state index is 11.7. The number of aromatic nitrogens is 2. The normalized spacial score (nSPS) is 20.9. The Bertz CT molecular complexity index is 466. The highest BCUT2D eigenvalue weighted by Gasteiger charge is 2.32. The molecule has 0 spiro atoms. The van der Waals surface area contributed by atoms with E-state index < -0.39 is 6.04 Å². The minimum atomic E-state index is -0.418. The number of esters is 1. The lowest BCUT2D eigenvalue weighted by Gasteiger charge is -2.32. The van der Waals surface area contributed by atoms with Gasteiger partial charge in [-0.15, -0.1) is 0 Å². The van der Waals surface area contributed by atoms with Crippen molar-refractivity contribution in [2.75, 3.05) is 26.9 Å². The van der Waals surface area contributed by atoms with Gasteiger partial charge in [-0.05, 0) is 0 Å². The number of ether oxygens (including phenoxy) is 2. The first-order valence-corrected chi connectivity index (χ1v) is 6.64. The van der Waals surface area contributed by atoms with Crippen LogP contribution < -0.4 is 0 Å². The molecule has 0 aromatic carbocycles. The molecule has 1 aliphatic heterocycles. The number of carbonyl (C=O) groups excluding carboxylic acids is 1. The predicted molar refractivity (Wildman–Crippen MR) is 70.0 cm³/mol. The summed E-state index contributed by atoms with van der Waals surface area (Å²) in [6.45, 7) is 8.02. The maximum absolute atomic E-state index is 11.7. The van der Waals surface area contributed by atoms with E-state index in [4.69, 9.17) is 14.0 Å². The van der Waals surface area contributed by atoms with Crippen molar-refractivity contribution in [3.8, 4) is 0 Å². The Morgan fingerprint density at radius 2 is 2.25 bits per heavy atom. The van der Waals surface area contributed by atoms with Gasteiger partial charge in [0.15, 0.2) is 5.82 Å². The van der Waals surface area contributed by atoms with E-state index in [0.717, 1.165) is 0 Å². The molecule has 1 saturated heterocycles. The Hall–Kier alpha value is -1.47. The lowest BCUT2D eigenvalue weighted by molar-refractivity contribution is -0.153. The van der Waals surface area contributed by atoms with Gasteiger partial charge < -0.3 is 14.0 Å². The lowest BCUT2D eigenvalue weighted by atomic mass is 9.96. The first-order chi connectivity index (χ1) is 9.41. The molecule has 1 aromatic heterocycles. The van der Waals surface area contributed by atoms with Crippen LogP contribution in [0.25, 0.3) is 0 Å². The van der Waals surface area contributed by atoms with Crippen molar-refractivity contribution in [2.45, 2.75) is 38.8 Å². The number of nitrogens with zero attached hydrogens (tertiary/aromatic N) is 3. The summed E-state index contributed by atoms with van der Waals surface area (Å²) in [6, 6.07) is -0.418. The molecule has 1 unspecified atom stereocenters. The zero-order valence-corrected chi connectivity index (χ0v) is 12.4. The van der Waals surface area contributed by atoms with E-state index in [-0.39, 0.29) is 11.4 Å². The highest BCUT2D eigenvalue weighted by molar-refractivity contribution is 5.75. The maximum Gasteiger partial charge on any atom is 0.325 e. The van der Waals surface area contributed by atoms with Crippen molar-refractivity contribution in [1.82, 2.24) is 15.0 Å². The van der Waals surface area contributed by atoms with Crippen LogP contribution in [0.2, 0.25) is 0 Å². The van der Waals surface area contributed by atoms with E-state index in [1.54, 1.807) is 0 Å². The van der Waals surface area contributed by atoms with E-state index in [1.165, 1.54) is 7.11 Å². The minimum Gasteiger partial charge on any atom is -0.468 e. The van der Waals surface area contributed by atoms with Crippen molar-refractivity contribution < 1.29 is 18.8 Å². The highest BCUT2D eigenvalue weighted by atomic mass is 16.5. The van der Waals surface area contributed by atoms with Crippen LogP contribution in [-0.2, 0) is 26.2 Å². The molecule has 1 aliphatic rings. The van der Waals surface area contributed by atoms with Gasteiger partial charge in [0.2, 0.25) is 5.89 Å². The third kappa shape index (κ3) is 3.34. The van der Waals surface area contributed by atoms with Gasteiger partial charge in [0, 0.05) is 12.0 Å². The van der Waals surface area contributed by atoms with Gasteiger partial charge in [-0.3, -0.25) is 9.69 Å². The zero-order valence-electron chi connectivity index (χ0n) is 12.4. The summed E-state index contributed by atoms with van der Waals surface area (Å²) in [5, 5.41) is 3.98. The van der Waals surface area contributed by atoms with Crippen LogP contribution in [0.5, 0.6) is 0 Å². The smallest absolute Gasteiger partial charge is 0.325 e.